The van der Waals surface area contributed by atoms with Crippen molar-refractivity contribution in [3.05, 3.63) is 185 Å². The summed E-state index contributed by atoms with van der Waals surface area (Å²) in [6.07, 6.45) is 2.19. The maximum atomic E-state index is 15.3. The predicted molar refractivity (Wildman–Crippen MR) is 430 cm³/mol. The Balaban J connectivity index is 1.08. The number of phenolic OH excluding ortho intramolecular Hbond substituents is 1. The highest BCUT2D eigenvalue weighted by Gasteiger charge is 2.40. The van der Waals surface area contributed by atoms with Crippen LogP contribution in [0.5, 0.6) is 5.75 Å². The molecule has 2 heterocycles. The smallest absolute Gasteiger partial charge is 0.245 e. The highest BCUT2D eigenvalue weighted by molar-refractivity contribution is 6.30. The van der Waals surface area contributed by atoms with Gasteiger partial charge in [0.05, 0.1) is 6.61 Å². The van der Waals surface area contributed by atoms with Crippen LogP contribution in [-0.4, -0.2) is 197 Å². The van der Waals surface area contributed by atoms with Crippen molar-refractivity contribution in [3.63, 3.8) is 0 Å². The monoisotopic (exact) mass is 1570 g/mol. The lowest BCUT2D eigenvalue weighted by atomic mass is 9.99. The van der Waals surface area contributed by atoms with Gasteiger partial charge in [0.2, 0.25) is 65.0 Å². The lowest BCUT2D eigenvalue weighted by Gasteiger charge is -2.30. The molecule has 10 atom stereocenters. The van der Waals surface area contributed by atoms with Crippen LogP contribution in [0.15, 0.2) is 162 Å². The molecule has 0 saturated carbocycles. The second-order valence-electron chi connectivity index (χ2n) is 27.8. The molecule has 602 valence electrons. The van der Waals surface area contributed by atoms with E-state index >= 15 is 24.0 Å². The zero-order valence-corrected chi connectivity index (χ0v) is 64.5. The number of carbonyl (C=O) groups is 11. The molecule has 0 radical (unpaired) electrons. The van der Waals surface area contributed by atoms with E-state index in [-0.39, 0.29) is 95.6 Å². The van der Waals surface area contributed by atoms with Gasteiger partial charge >= 0.3 is 0 Å². The van der Waals surface area contributed by atoms with Crippen molar-refractivity contribution in [1.29, 1.82) is 0 Å². The van der Waals surface area contributed by atoms with E-state index < -0.39 is 132 Å². The molecule has 11 amide bonds. The average Bonchev–Trinajstić information content (AvgIpc) is 1.74. The Hall–Kier alpha value is -12.1. The third-order valence-electron chi connectivity index (χ3n) is 19.1. The number of guanidine groups is 2. The van der Waals surface area contributed by atoms with Crippen LogP contribution in [0.4, 0.5) is 0 Å². The molecule has 1 saturated heterocycles. The van der Waals surface area contributed by atoms with Gasteiger partial charge in [0, 0.05) is 93.9 Å². The Kier molecular flexibility index (Phi) is 33.3. The van der Waals surface area contributed by atoms with Gasteiger partial charge in [-0.05, 0) is 135 Å². The molecule has 0 unspecified atom stereocenters. The fraction of sp³-hybridized carbons (Fsp3) is 0.395. The van der Waals surface area contributed by atoms with E-state index in [9.17, 15) is 39.0 Å². The van der Waals surface area contributed by atoms with Crippen LogP contribution < -0.4 is 75.7 Å². The fourth-order valence-corrected chi connectivity index (χ4v) is 13.3. The average molecular weight is 1570 g/mol. The molecule has 32 heteroatoms. The number of hydrogen-bond acceptors (Lipinski definition) is 15. The number of hydrogen-bond donors (Lipinski definition) is 17. The molecule has 0 bridgehead atoms. The predicted octanol–water partition coefficient (Wildman–Crippen LogP) is 1.86. The van der Waals surface area contributed by atoms with Gasteiger partial charge in [-0.3, -0.25) is 62.7 Å². The summed E-state index contributed by atoms with van der Waals surface area (Å²) in [4.78, 5) is 172. The summed E-state index contributed by atoms with van der Waals surface area (Å²) in [7, 11) is 0. The second kappa shape index (κ2) is 43.5. The Morgan fingerprint density at radius 1 is 0.522 bits per heavy atom. The topological polar surface area (TPSA) is 482 Å². The van der Waals surface area contributed by atoms with Crippen LogP contribution >= 0.6 is 11.6 Å². The molecule has 1 aliphatic rings. The first kappa shape index (κ1) is 86.5. The maximum absolute atomic E-state index is 15.3. The first-order valence-electron chi connectivity index (χ1n) is 37.9. The van der Waals surface area contributed by atoms with Gasteiger partial charge in [-0.15, -0.1) is 0 Å². The normalized spacial score (nSPS) is 14.8. The molecule has 1 aromatic heterocycles. The first-order valence-corrected chi connectivity index (χ1v) is 38.2. The minimum Gasteiger partial charge on any atom is -0.508 e. The number of carbonyl (C=O) groups excluding carboxylic acids is 11. The van der Waals surface area contributed by atoms with Crippen LogP contribution in [0, 0.1) is 0 Å². The molecule has 113 heavy (non-hydrogen) atoms. The van der Waals surface area contributed by atoms with Crippen molar-refractivity contribution < 1.29 is 63.0 Å². The molecule has 6 aromatic carbocycles. The molecule has 0 aliphatic carbocycles. The summed E-state index contributed by atoms with van der Waals surface area (Å²) in [5.74, 6) is -8.67. The number of phenols is 1. The first-order chi connectivity index (χ1) is 54.3. The number of halogens is 1. The minimum absolute atomic E-state index is 0.0309. The van der Waals surface area contributed by atoms with Crippen molar-refractivity contribution in [2.75, 3.05) is 39.3 Å². The highest BCUT2D eigenvalue weighted by atomic mass is 35.5. The number of rotatable bonds is 41. The van der Waals surface area contributed by atoms with Gasteiger partial charge in [-0.1, -0.05) is 127 Å². The standard InChI is InChI=1S/C81H103ClN18O13/c1-5-86-81(87-6-2)89-37-15-14-24-61(71(105)95-64(41-50-18-8-7-9-19-50)74(108)94-62(25-16-38-88-80(84)85)79(113)100-39-17-26-69(100)78(112)91-48(3)70(83)104)93-73(107)65(43-52-30-35-58(103)36-31-52)97-77(111)68(47-101)99-76(110)67(45-56-46-90-60-23-13-12-22-59(56)60)98-75(109)66(42-51-28-33-57(82)34-29-51)96-72(106)63(92-49(4)102)44-53-27-32-54-20-10-11-21-55(54)40-53/h7-13,18-23,27-36,40,46,48,61-69,90,101,103H,5-6,14-17,24-26,37-39,41-45,47H2,1-4H3,(H2,83,104)(H,91,112)(H,92,102)(H,93,107)(H,94,108)(H,95,105)(H,96,106)(H,97,111)(H,98,109)(H,99,110)(H4,84,85,88)(H2,86,87,89)/t48-,61-,62+,63-,64+,65+,66-,67-,68+,69+/m1/s1. The fourth-order valence-electron chi connectivity index (χ4n) is 13.2. The quantitative estimate of drug-likeness (QED) is 0.0148. The summed E-state index contributed by atoms with van der Waals surface area (Å²) in [6.45, 7) is 7.02. The number of aliphatic hydroxyl groups is 1. The van der Waals surface area contributed by atoms with Crippen molar-refractivity contribution in [2.45, 2.75) is 165 Å². The number of amides is 11. The van der Waals surface area contributed by atoms with Crippen molar-refractivity contribution in [3.8, 4) is 5.75 Å². The van der Waals surface area contributed by atoms with Gasteiger partial charge in [0.15, 0.2) is 11.9 Å². The molecule has 7 aromatic rings. The summed E-state index contributed by atoms with van der Waals surface area (Å²) < 4.78 is 0. The highest BCUT2D eigenvalue weighted by Crippen LogP contribution is 2.24. The van der Waals surface area contributed by atoms with E-state index in [4.69, 9.17) is 28.8 Å². The number of fused-ring (bicyclic) bond motifs is 2. The number of aromatic hydroxyl groups is 1. The third kappa shape index (κ3) is 26.8. The van der Waals surface area contributed by atoms with Crippen molar-refractivity contribution >= 4 is 110 Å². The number of likely N-dealkylation sites (tertiary alicyclic amines) is 1. The summed E-state index contributed by atoms with van der Waals surface area (Å²) in [6, 6.07) is 27.4. The van der Waals surface area contributed by atoms with Gasteiger partial charge in [-0.25, -0.2) is 0 Å². The van der Waals surface area contributed by atoms with Crippen LogP contribution in [0.3, 0.4) is 0 Å². The van der Waals surface area contributed by atoms with E-state index in [2.05, 4.69) is 73.5 Å². The molecule has 1 fully saturated rings. The number of aliphatic hydroxyl groups excluding tert-OH is 1. The maximum Gasteiger partial charge on any atom is 0.245 e. The van der Waals surface area contributed by atoms with Crippen LogP contribution in [0.2, 0.25) is 5.02 Å². The number of nitrogens with two attached hydrogens (primary N) is 3. The second-order valence-corrected chi connectivity index (χ2v) is 28.2. The van der Waals surface area contributed by atoms with Crippen molar-refractivity contribution in [2.24, 2.45) is 27.2 Å². The SMILES string of the molecule is CCNC(=NCCCC[C@@H](NC(=O)[C@H](Cc1ccc(O)cc1)NC(=O)[C@H](CO)NC(=O)[C@@H](Cc1c[nH]c2ccccc12)NC(=O)[C@@H](Cc1ccc(Cl)cc1)NC(=O)[C@@H](Cc1ccc2ccccc2c1)NC(C)=O)C(=O)N[C@@H](Cc1ccccc1)C(=O)N[C@@H](CCCN=C(N)N)C(=O)N1CCC[C@H]1C(=O)N[C@H](C)C(N)=O)NCC. The van der Waals surface area contributed by atoms with E-state index in [1.807, 2.05) is 62.4 Å². The number of para-hydroxylation sites is 1. The van der Waals surface area contributed by atoms with Crippen LogP contribution in [0.25, 0.3) is 21.7 Å². The number of unbranched alkanes of at least 4 members (excludes halogenated alkanes) is 1. The minimum atomic E-state index is -1.84. The number of aromatic amines is 1. The number of benzene rings is 6. The van der Waals surface area contributed by atoms with Crippen molar-refractivity contribution in [1.82, 2.24) is 68.4 Å². The van der Waals surface area contributed by atoms with E-state index in [1.165, 1.54) is 43.0 Å². The number of primary amides is 1. The molecule has 20 N–H and O–H groups in total. The number of aliphatic imine (C=N–C) groups is 2. The van der Waals surface area contributed by atoms with Crippen LogP contribution in [-0.2, 0) is 84.8 Å². The van der Waals surface area contributed by atoms with Crippen LogP contribution in [0.1, 0.15) is 100 Å². The lowest BCUT2D eigenvalue weighted by molar-refractivity contribution is -0.142. The Bertz CT molecular complexity index is 4480. The molecule has 8 rings (SSSR count). The number of H-pyrrole nitrogens is 1. The number of aromatic nitrogens is 1. The van der Waals surface area contributed by atoms with Gasteiger partial charge < -0.3 is 95.8 Å². The molecular formula is C81H103ClN18O13. The van der Waals surface area contributed by atoms with E-state index in [1.54, 1.807) is 79.0 Å². The number of nitrogens with zero attached hydrogens (tertiary/aromatic N) is 3. The Morgan fingerprint density at radius 3 is 1.58 bits per heavy atom. The zero-order valence-electron chi connectivity index (χ0n) is 63.8. The zero-order chi connectivity index (χ0) is 81.5. The largest absolute Gasteiger partial charge is 0.508 e. The summed E-state index contributed by atoms with van der Waals surface area (Å²) in [5, 5.41) is 55.4. The van der Waals surface area contributed by atoms with E-state index in [0.717, 1.165) is 10.8 Å². The Labute approximate surface area is 660 Å². The third-order valence-corrected chi connectivity index (χ3v) is 19.3. The lowest BCUT2D eigenvalue weighted by Crippen LogP contribution is -2.61. The van der Waals surface area contributed by atoms with Gasteiger partial charge in [0.1, 0.15) is 66.2 Å². The molecule has 31 nitrogen and oxygen atoms in total. The molecular weight excluding hydrogens is 1470 g/mol. The van der Waals surface area contributed by atoms with Gasteiger partial charge in [-0.2, -0.15) is 0 Å². The summed E-state index contributed by atoms with van der Waals surface area (Å²) in [5.41, 5.74) is 20.2. The molecule has 1 aliphatic heterocycles. The number of nitrogens with one attached hydrogen (secondary N) is 12. The summed E-state index contributed by atoms with van der Waals surface area (Å²) >= 11 is 6.29. The molecule has 0 spiro atoms. The Morgan fingerprint density at radius 2 is 1.00 bits per heavy atom. The van der Waals surface area contributed by atoms with E-state index in [0.29, 0.717) is 75.6 Å². The van der Waals surface area contributed by atoms with Gasteiger partial charge in [0.25, 0.3) is 0 Å².